The molecule has 1 aliphatic heterocycles. The monoisotopic (exact) mass is 297 g/mol. The molecule has 1 heterocycles. The quantitative estimate of drug-likeness (QED) is 0.922. The number of benzene rings is 1. The predicted octanol–water partition coefficient (Wildman–Crippen LogP) is 1.97. The van der Waals surface area contributed by atoms with Gasteiger partial charge in [-0.15, -0.1) is 0 Å². The molecule has 1 aromatic rings. The number of nitrogens with zero attached hydrogens (tertiary/aromatic N) is 1. The molecule has 1 saturated heterocycles. The summed E-state index contributed by atoms with van der Waals surface area (Å²) in [4.78, 5) is 24.8. The van der Waals surface area contributed by atoms with Crippen molar-refractivity contribution in [2.24, 2.45) is 0 Å². The second-order valence-corrected chi connectivity index (χ2v) is 5.15. The van der Waals surface area contributed by atoms with E-state index in [0.717, 1.165) is 6.42 Å². The minimum atomic E-state index is -0.950. The molecule has 1 aliphatic rings. The van der Waals surface area contributed by atoms with Crippen molar-refractivity contribution in [2.45, 2.75) is 25.3 Å². The molecule has 2 rings (SSSR count). The van der Waals surface area contributed by atoms with Crippen LogP contribution in [-0.4, -0.2) is 41.6 Å². The van der Waals surface area contributed by atoms with E-state index in [1.807, 2.05) is 0 Å². The number of ether oxygens (including phenoxy) is 1. The van der Waals surface area contributed by atoms with Crippen molar-refractivity contribution in [3.8, 4) is 5.75 Å². The van der Waals surface area contributed by atoms with Gasteiger partial charge < -0.3 is 14.7 Å². The Balaban J connectivity index is 2.15. The van der Waals surface area contributed by atoms with Crippen molar-refractivity contribution in [1.82, 2.24) is 4.90 Å². The van der Waals surface area contributed by atoms with Gasteiger partial charge in [-0.25, -0.2) is 4.79 Å². The predicted molar refractivity (Wildman–Crippen MR) is 74.1 cm³/mol. The van der Waals surface area contributed by atoms with Gasteiger partial charge in [0.2, 0.25) is 5.91 Å². The molecule has 1 N–H and O–H groups in total. The maximum absolute atomic E-state index is 12.3. The number of hydrogen-bond donors (Lipinski definition) is 1. The van der Waals surface area contributed by atoms with Crippen LogP contribution < -0.4 is 4.74 Å². The van der Waals surface area contributed by atoms with Crippen LogP contribution in [0.15, 0.2) is 18.2 Å². The molecule has 0 saturated carbocycles. The van der Waals surface area contributed by atoms with E-state index in [0.29, 0.717) is 29.3 Å². The lowest BCUT2D eigenvalue weighted by Gasteiger charge is -2.22. The SMILES string of the molecule is COc1ccc(Cl)cc1CC(=O)N1CCC[C@@H]1C(=O)O. The molecule has 1 atom stereocenters. The highest BCUT2D eigenvalue weighted by molar-refractivity contribution is 6.30. The lowest BCUT2D eigenvalue weighted by molar-refractivity contribution is -0.148. The van der Waals surface area contributed by atoms with Crippen LogP contribution in [0.2, 0.25) is 5.02 Å². The molecule has 0 radical (unpaired) electrons. The van der Waals surface area contributed by atoms with E-state index in [9.17, 15) is 9.59 Å². The molecular weight excluding hydrogens is 282 g/mol. The van der Waals surface area contributed by atoms with E-state index in [4.69, 9.17) is 21.4 Å². The zero-order valence-electron chi connectivity index (χ0n) is 11.1. The number of rotatable bonds is 4. The second kappa shape index (κ2) is 6.13. The lowest BCUT2D eigenvalue weighted by atomic mass is 10.1. The zero-order valence-corrected chi connectivity index (χ0v) is 11.9. The number of carboxylic acids is 1. The summed E-state index contributed by atoms with van der Waals surface area (Å²) >= 11 is 5.92. The molecule has 0 aliphatic carbocycles. The van der Waals surface area contributed by atoms with Gasteiger partial charge in [0.05, 0.1) is 13.5 Å². The van der Waals surface area contributed by atoms with Crippen molar-refractivity contribution < 1.29 is 19.4 Å². The highest BCUT2D eigenvalue weighted by Gasteiger charge is 2.33. The van der Waals surface area contributed by atoms with Crippen LogP contribution >= 0.6 is 11.6 Å². The Morgan fingerprint density at radius 2 is 2.25 bits per heavy atom. The van der Waals surface area contributed by atoms with E-state index < -0.39 is 12.0 Å². The first-order chi connectivity index (χ1) is 9.52. The van der Waals surface area contributed by atoms with E-state index in [2.05, 4.69) is 0 Å². The number of carboxylic acid groups (broad SMARTS) is 1. The van der Waals surface area contributed by atoms with Crippen LogP contribution in [0.4, 0.5) is 0 Å². The van der Waals surface area contributed by atoms with Crippen LogP contribution in [0.3, 0.4) is 0 Å². The Hall–Kier alpha value is -1.75. The first-order valence-corrected chi connectivity index (χ1v) is 6.75. The maximum Gasteiger partial charge on any atom is 0.326 e. The summed E-state index contributed by atoms with van der Waals surface area (Å²) in [7, 11) is 1.52. The fraction of sp³-hybridized carbons (Fsp3) is 0.429. The highest BCUT2D eigenvalue weighted by atomic mass is 35.5. The third kappa shape index (κ3) is 3.04. The highest BCUT2D eigenvalue weighted by Crippen LogP contribution is 2.25. The van der Waals surface area contributed by atoms with Crippen LogP contribution in [0.1, 0.15) is 18.4 Å². The Morgan fingerprint density at radius 3 is 2.90 bits per heavy atom. The summed E-state index contributed by atoms with van der Waals surface area (Å²) in [5, 5.41) is 9.62. The molecule has 0 aromatic heterocycles. The Kier molecular flexibility index (Phi) is 4.49. The van der Waals surface area contributed by atoms with Gasteiger partial charge in [0.15, 0.2) is 0 Å². The van der Waals surface area contributed by atoms with Crippen molar-refractivity contribution >= 4 is 23.5 Å². The first kappa shape index (κ1) is 14.7. The summed E-state index contributed by atoms with van der Waals surface area (Å²) < 4.78 is 5.19. The number of halogens is 1. The number of amides is 1. The number of hydrogen-bond acceptors (Lipinski definition) is 3. The molecular formula is C14H16ClNO4. The number of likely N-dealkylation sites (tertiary alicyclic amines) is 1. The molecule has 108 valence electrons. The summed E-state index contributed by atoms with van der Waals surface area (Å²) in [5.74, 6) is -0.585. The van der Waals surface area contributed by atoms with Crippen LogP contribution in [0.25, 0.3) is 0 Å². The van der Waals surface area contributed by atoms with Crippen molar-refractivity contribution in [1.29, 1.82) is 0 Å². The summed E-state index contributed by atoms with van der Waals surface area (Å²) in [6, 6.07) is 4.34. The molecule has 0 unspecified atom stereocenters. The fourth-order valence-electron chi connectivity index (χ4n) is 2.47. The van der Waals surface area contributed by atoms with Crippen molar-refractivity contribution in [3.63, 3.8) is 0 Å². The Labute approximate surface area is 122 Å². The van der Waals surface area contributed by atoms with Gasteiger partial charge in [-0.1, -0.05) is 11.6 Å². The average molecular weight is 298 g/mol. The smallest absolute Gasteiger partial charge is 0.326 e. The molecule has 0 bridgehead atoms. The van der Waals surface area contributed by atoms with E-state index in [1.54, 1.807) is 18.2 Å². The van der Waals surface area contributed by atoms with Gasteiger partial charge in [0, 0.05) is 17.1 Å². The molecule has 5 nitrogen and oxygen atoms in total. The number of carbonyl (C=O) groups excluding carboxylic acids is 1. The lowest BCUT2D eigenvalue weighted by Crippen LogP contribution is -2.41. The van der Waals surface area contributed by atoms with E-state index in [-0.39, 0.29) is 12.3 Å². The van der Waals surface area contributed by atoms with Gasteiger partial charge in [-0.3, -0.25) is 4.79 Å². The molecule has 6 heteroatoms. The summed E-state index contributed by atoms with van der Waals surface area (Å²) in [6.07, 6.45) is 1.32. The largest absolute Gasteiger partial charge is 0.496 e. The van der Waals surface area contributed by atoms with Crippen molar-refractivity contribution in [2.75, 3.05) is 13.7 Å². The third-order valence-electron chi connectivity index (χ3n) is 3.44. The average Bonchev–Trinajstić information content (AvgIpc) is 2.88. The molecule has 1 amide bonds. The number of methoxy groups -OCH3 is 1. The summed E-state index contributed by atoms with van der Waals surface area (Å²) in [5.41, 5.74) is 0.668. The van der Waals surface area contributed by atoms with Crippen LogP contribution in [0, 0.1) is 0 Å². The second-order valence-electron chi connectivity index (χ2n) is 4.72. The van der Waals surface area contributed by atoms with Crippen LogP contribution in [0.5, 0.6) is 5.75 Å². The third-order valence-corrected chi connectivity index (χ3v) is 3.68. The normalized spacial score (nSPS) is 18.1. The van der Waals surface area contributed by atoms with Crippen LogP contribution in [-0.2, 0) is 16.0 Å². The van der Waals surface area contributed by atoms with Gasteiger partial charge in [0.25, 0.3) is 0 Å². The minimum absolute atomic E-state index is 0.0908. The standard InChI is InChI=1S/C14H16ClNO4/c1-20-12-5-4-10(15)7-9(12)8-13(17)16-6-2-3-11(16)14(18)19/h4-5,7,11H,2-3,6,8H2,1H3,(H,18,19)/t11-/m1/s1. The number of aliphatic carboxylic acids is 1. The summed E-state index contributed by atoms with van der Waals surface area (Å²) in [6.45, 7) is 0.485. The Bertz CT molecular complexity index is 532. The van der Waals surface area contributed by atoms with Gasteiger partial charge in [0.1, 0.15) is 11.8 Å². The maximum atomic E-state index is 12.3. The minimum Gasteiger partial charge on any atom is -0.496 e. The molecule has 20 heavy (non-hydrogen) atoms. The Morgan fingerprint density at radius 1 is 1.50 bits per heavy atom. The fourth-order valence-corrected chi connectivity index (χ4v) is 2.67. The molecule has 1 aromatic carbocycles. The molecule has 0 spiro atoms. The molecule has 1 fully saturated rings. The van der Waals surface area contributed by atoms with E-state index >= 15 is 0 Å². The van der Waals surface area contributed by atoms with Gasteiger partial charge >= 0.3 is 5.97 Å². The first-order valence-electron chi connectivity index (χ1n) is 6.37. The zero-order chi connectivity index (χ0) is 14.7. The van der Waals surface area contributed by atoms with Gasteiger partial charge in [-0.2, -0.15) is 0 Å². The topological polar surface area (TPSA) is 66.8 Å². The van der Waals surface area contributed by atoms with Gasteiger partial charge in [-0.05, 0) is 31.0 Å². The number of carbonyl (C=O) groups is 2. The van der Waals surface area contributed by atoms with E-state index in [1.165, 1.54) is 12.0 Å². The van der Waals surface area contributed by atoms with Crippen molar-refractivity contribution in [3.05, 3.63) is 28.8 Å².